The number of hydrazine groups is 1. The van der Waals surface area contributed by atoms with Gasteiger partial charge in [-0.05, 0) is 48.9 Å². The van der Waals surface area contributed by atoms with Gasteiger partial charge in [-0.15, -0.1) is 11.3 Å². The van der Waals surface area contributed by atoms with Crippen molar-refractivity contribution in [3.63, 3.8) is 0 Å². The van der Waals surface area contributed by atoms with Gasteiger partial charge >= 0.3 is 5.97 Å². The van der Waals surface area contributed by atoms with Crippen LogP contribution in [0.5, 0.6) is 5.75 Å². The maximum Gasteiger partial charge on any atom is 0.330 e. The van der Waals surface area contributed by atoms with Gasteiger partial charge in [0.1, 0.15) is 21.7 Å². The van der Waals surface area contributed by atoms with Crippen LogP contribution >= 0.6 is 11.3 Å². The molecule has 192 valence electrons. The van der Waals surface area contributed by atoms with Crippen molar-refractivity contribution in [3.8, 4) is 16.3 Å². The number of rotatable bonds is 11. The molecule has 3 aromatic rings. The molecule has 0 saturated heterocycles. The van der Waals surface area contributed by atoms with Crippen molar-refractivity contribution in [2.45, 2.75) is 29.6 Å². The van der Waals surface area contributed by atoms with Crippen molar-refractivity contribution in [2.75, 3.05) is 14.2 Å². The summed E-state index contributed by atoms with van der Waals surface area (Å²) in [5.41, 5.74) is 5.85. The van der Waals surface area contributed by atoms with Crippen molar-refractivity contribution in [1.29, 1.82) is 0 Å². The van der Waals surface area contributed by atoms with E-state index >= 15 is 0 Å². The van der Waals surface area contributed by atoms with Gasteiger partial charge in [0.2, 0.25) is 0 Å². The smallest absolute Gasteiger partial charge is 0.330 e. The number of hydrogen-bond acceptors (Lipinski definition) is 9. The summed E-state index contributed by atoms with van der Waals surface area (Å²) in [5.74, 6) is 6.34. The third-order valence-electron chi connectivity index (χ3n) is 5.39. The highest BCUT2D eigenvalue weighted by Gasteiger charge is 2.27. The summed E-state index contributed by atoms with van der Waals surface area (Å²) in [5, 5.41) is 1.19. The van der Waals surface area contributed by atoms with Crippen LogP contribution in [0.2, 0.25) is 0 Å². The topological polar surface area (TPSA) is 151 Å². The molecular formula is C24H30N5O5S2+. The minimum absolute atomic E-state index is 0.152. The number of nitrogens with two attached hydrogens (primary N) is 1. The molecule has 36 heavy (non-hydrogen) atoms. The zero-order chi connectivity index (χ0) is 26.3. The largest absolute Gasteiger partial charge is 0.497 e. The number of benzene rings is 1. The molecule has 0 aliphatic heterocycles. The molecular weight excluding hydrogens is 502 g/mol. The molecule has 0 fully saturated rings. The first-order chi connectivity index (χ1) is 17.1. The van der Waals surface area contributed by atoms with Crippen molar-refractivity contribution in [3.05, 3.63) is 78.3 Å². The van der Waals surface area contributed by atoms with E-state index in [1.165, 1.54) is 24.4 Å². The number of hydrogen-bond donors (Lipinski definition) is 3. The Labute approximate surface area is 214 Å². The number of carbonyl (C=O) groups is 1. The molecule has 2 heterocycles. The fourth-order valence-electron chi connectivity index (χ4n) is 3.30. The van der Waals surface area contributed by atoms with Crippen molar-refractivity contribution in [1.82, 2.24) is 14.7 Å². The Balaban J connectivity index is 1.72. The minimum Gasteiger partial charge on any atom is -0.497 e. The van der Waals surface area contributed by atoms with Gasteiger partial charge in [0.25, 0.3) is 10.0 Å². The zero-order valence-electron chi connectivity index (χ0n) is 20.2. The Bertz CT molecular complexity index is 1290. The van der Waals surface area contributed by atoms with Crippen LogP contribution in [0.4, 0.5) is 0 Å². The quantitative estimate of drug-likeness (QED) is 0.191. The summed E-state index contributed by atoms with van der Waals surface area (Å²) in [4.78, 5) is 17.4. The summed E-state index contributed by atoms with van der Waals surface area (Å²) in [6, 6.07) is 14.4. The summed E-state index contributed by atoms with van der Waals surface area (Å²) in [6.45, 7) is 1.65. The van der Waals surface area contributed by atoms with Crippen LogP contribution in [-0.4, -0.2) is 50.7 Å². The van der Waals surface area contributed by atoms with Crippen LogP contribution in [0, 0.1) is 0 Å². The summed E-state index contributed by atoms with van der Waals surface area (Å²) < 4.78 is 38.7. The lowest BCUT2D eigenvalue weighted by Gasteiger charge is -2.24. The van der Waals surface area contributed by atoms with E-state index in [9.17, 15) is 13.2 Å². The lowest BCUT2D eigenvalue weighted by atomic mass is 10.1. The molecule has 10 nitrogen and oxygen atoms in total. The van der Waals surface area contributed by atoms with Gasteiger partial charge in [0.05, 0.1) is 37.0 Å². The second kappa shape index (κ2) is 12.1. The lowest BCUT2D eigenvalue weighted by Crippen LogP contribution is -2.58. The van der Waals surface area contributed by atoms with Crippen LogP contribution in [0.25, 0.3) is 10.6 Å². The first-order valence-electron chi connectivity index (χ1n) is 11.0. The lowest BCUT2D eigenvalue weighted by molar-refractivity contribution is -0.311. The van der Waals surface area contributed by atoms with E-state index in [0.29, 0.717) is 17.1 Å². The highest BCUT2D eigenvalue weighted by atomic mass is 32.2. The molecule has 0 unspecified atom stereocenters. The van der Waals surface area contributed by atoms with Gasteiger partial charge in [-0.1, -0.05) is 18.2 Å². The highest BCUT2D eigenvalue weighted by Crippen LogP contribution is 2.29. The van der Waals surface area contributed by atoms with E-state index in [4.69, 9.17) is 15.3 Å². The number of aromatic nitrogens is 1. The van der Waals surface area contributed by atoms with Crippen LogP contribution in [0.3, 0.4) is 0 Å². The number of ether oxygens (including phenoxy) is 2. The van der Waals surface area contributed by atoms with Gasteiger partial charge < -0.3 is 15.2 Å². The van der Waals surface area contributed by atoms with E-state index in [1.54, 1.807) is 44.5 Å². The Hall–Kier alpha value is -3.29. The number of thiophene rings is 1. The number of nitrogens with one attached hydrogen (secondary N) is 1. The molecule has 3 rings (SSSR count). The summed E-state index contributed by atoms with van der Waals surface area (Å²) >= 11 is 1.12. The average Bonchev–Trinajstić information content (AvgIpc) is 3.39. The first kappa shape index (κ1) is 27.3. The van der Waals surface area contributed by atoms with Crippen LogP contribution in [-0.2, 0) is 26.0 Å². The standard InChI is InChI=1S/C24H29N5O5S2/c1-16(28-36(31,32)23-12-11-22(35-23)20-6-4-5-13-27-20)19(25)15-29(26)21(24(30)34-3)14-17-7-9-18(33-2)10-8-17/h4-13,15-16,21,28H,14,25-26H2,1-3H3/p+1/b19-15-/t16-,21+/m1/s1. The third kappa shape index (κ3) is 6.89. The van der Waals surface area contributed by atoms with E-state index < -0.39 is 28.1 Å². The van der Waals surface area contributed by atoms with Crippen LogP contribution in [0.15, 0.2) is 76.9 Å². The van der Waals surface area contributed by atoms with Crippen LogP contribution in [0.1, 0.15) is 12.5 Å². The van der Waals surface area contributed by atoms with Gasteiger partial charge in [0, 0.05) is 12.6 Å². The maximum absolute atomic E-state index is 13.0. The normalized spacial score (nSPS) is 13.6. The first-order valence-corrected chi connectivity index (χ1v) is 13.3. The Kier molecular flexibility index (Phi) is 9.18. The molecule has 0 spiro atoms. The number of quaternary nitrogens is 1. The second-order valence-corrected chi connectivity index (χ2v) is 10.9. The fraction of sp³-hybridized carbons (Fsp3) is 0.250. The number of nitrogens with zero attached hydrogens (tertiary/aromatic N) is 2. The zero-order valence-corrected chi connectivity index (χ0v) is 21.9. The monoisotopic (exact) mass is 532 g/mol. The Morgan fingerprint density at radius 1 is 1.19 bits per heavy atom. The predicted octanol–water partition coefficient (Wildman–Crippen LogP) is 1.53. The molecule has 0 radical (unpaired) electrons. The molecule has 6 N–H and O–H groups in total. The van der Waals surface area contributed by atoms with Gasteiger partial charge in [-0.25, -0.2) is 19.1 Å². The number of esters is 1. The molecule has 12 heteroatoms. The molecule has 2 aromatic heterocycles. The van der Waals surface area contributed by atoms with E-state index in [2.05, 4.69) is 15.4 Å². The van der Waals surface area contributed by atoms with Crippen LogP contribution < -0.4 is 21.0 Å². The summed E-state index contributed by atoms with van der Waals surface area (Å²) in [7, 11) is -0.975. The average molecular weight is 533 g/mol. The molecule has 0 amide bonds. The predicted molar refractivity (Wildman–Crippen MR) is 137 cm³/mol. The number of sulfonamides is 1. The second-order valence-electron chi connectivity index (χ2n) is 7.92. The molecule has 0 bridgehead atoms. The van der Waals surface area contributed by atoms with Gasteiger partial charge in [-0.2, -0.15) is 4.72 Å². The van der Waals surface area contributed by atoms with E-state index in [1.807, 2.05) is 24.3 Å². The third-order valence-corrected chi connectivity index (χ3v) is 8.53. The molecule has 1 aromatic carbocycles. The molecule has 0 aliphatic rings. The number of methoxy groups -OCH3 is 2. The minimum atomic E-state index is -3.83. The molecule has 0 aliphatic carbocycles. The van der Waals surface area contributed by atoms with E-state index in [0.717, 1.165) is 21.8 Å². The SMILES string of the molecule is COC(=O)[C@H](Cc1ccc(OC)cc1)N(N)/C=C(\[NH3+])[C@@H](C)NS(=O)(=O)c1ccc(-c2ccccn2)s1. The summed E-state index contributed by atoms with van der Waals surface area (Å²) in [6.07, 6.45) is 3.35. The fourth-order valence-corrected chi connectivity index (χ4v) is 5.85. The highest BCUT2D eigenvalue weighted by molar-refractivity contribution is 7.91. The Morgan fingerprint density at radius 3 is 2.53 bits per heavy atom. The van der Waals surface area contributed by atoms with Gasteiger partial charge in [-0.3, -0.25) is 9.99 Å². The number of carbonyl (C=O) groups excluding carboxylic acids is 1. The molecule has 2 atom stereocenters. The van der Waals surface area contributed by atoms with E-state index in [-0.39, 0.29) is 10.6 Å². The molecule has 0 saturated carbocycles. The van der Waals surface area contributed by atoms with Crippen molar-refractivity contribution >= 4 is 27.3 Å². The van der Waals surface area contributed by atoms with Gasteiger partial charge in [0.15, 0.2) is 0 Å². The van der Waals surface area contributed by atoms with Crippen molar-refractivity contribution < 1.29 is 28.4 Å². The maximum atomic E-state index is 13.0. The number of pyridine rings is 1. The Morgan fingerprint density at radius 2 is 1.92 bits per heavy atom. The van der Waals surface area contributed by atoms with Crippen molar-refractivity contribution in [2.24, 2.45) is 5.84 Å².